The van der Waals surface area contributed by atoms with E-state index in [0.717, 1.165) is 6.42 Å². The number of piperidine rings is 1. The van der Waals surface area contributed by atoms with E-state index in [2.05, 4.69) is 0 Å². The minimum absolute atomic E-state index is 0.164. The van der Waals surface area contributed by atoms with E-state index in [4.69, 9.17) is 0 Å². The van der Waals surface area contributed by atoms with Crippen LogP contribution in [0.5, 0.6) is 0 Å². The SMILES string of the molecule is CCCC(=O)N1CCC(CC)(C(=O)O)CC1. The average Bonchev–Trinajstić information content (AvgIpc) is 2.29. The smallest absolute Gasteiger partial charge is 0.309 e. The second kappa shape index (κ2) is 5.32. The first-order valence-electron chi connectivity index (χ1n) is 6.07. The number of aliphatic carboxylic acids is 1. The summed E-state index contributed by atoms with van der Waals surface area (Å²) >= 11 is 0. The molecule has 1 N–H and O–H groups in total. The summed E-state index contributed by atoms with van der Waals surface area (Å²) < 4.78 is 0. The van der Waals surface area contributed by atoms with E-state index in [-0.39, 0.29) is 5.91 Å². The summed E-state index contributed by atoms with van der Waals surface area (Å²) in [5.41, 5.74) is -0.594. The van der Waals surface area contributed by atoms with Crippen molar-refractivity contribution in [1.82, 2.24) is 4.90 Å². The highest BCUT2D eigenvalue weighted by atomic mass is 16.4. The Balaban J connectivity index is 2.56. The van der Waals surface area contributed by atoms with Crippen molar-refractivity contribution >= 4 is 11.9 Å². The van der Waals surface area contributed by atoms with E-state index in [9.17, 15) is 14.7 Å². The lowest BCUT2D eigenvalue weighted by atomic mass is 9.76. The van der Waals surface area contributed by atoms with Crippen LogP contribution in [0.25, 0.3) is 0 Å². The molecule has 0 atom stereocenters. The molecule has 1 fully saturated rings. The first-order chi connectivity index (χ1) is 7.55. The molecule has 16 heavy (non-hydrogen) atoms. The maximum absolute atomic E-state index is 11.6. The second-order valence-electron chi connectivity index (χ2n) is 4.57. The van der Waals surface area contributed by atoms with Crippen molar-refractivity contribution < 1.29 is 14.7 Å². The van der Waals surface area contributed by atoms with Gasteiger partial charge in [0.05, 0.1) is 5.41 Å². The van der Waals surface area contributed by atoms with Gasteiger partial charge in [-0.25, -0.2) is 0 Å². The van der Waals surface area contributed by atoms with Crippen molar-refractivity contribution in [3.05, 3.63) is 0 Å². The summed E-state index contributed by atoms with van der Waals surface area (Å²) in [5.74, 6) is -0.546. The molecule has 4 nitrogen and oxygen atoms in total. The molecule has 0 aromatic carbocycles. The van der Waals surface area contributed by atoms with Crippen LogP contribution in [-0.2, 0) is 9.59 Å². The van der Waals surface area contributed by atoms with E-state index >= 15 is 0 Å². The van der Waals surface area contributed by atoms with Gasteiger partial charge >= 0.3 is 5.97 Å². The van der Waals surface area contributed by atoms with Crippen LogP contribution >= 0.6 is 0 Å². The van der Waals surface area contributed by atoms with Crippen LogP contribution in [0.15, 0.2) is 0 Å². The molecule has 0 bridgehead atoms. The fourth-order valence-corrected chi connectivity index (χ4v) is 2.27. The van der Waals surface area contributed by atoms with Gasteiger partial charge in [-0.15, -0.1) is 0 Å². The highest BCUT2D eigenvalue weighted by molar-refractivity contribution is 5.78. The molecule has 1 heterocycles. The Hall–Kier alpha value is -1.06. The molecule has 1 aliphatic rings. The quantitative estimate of drug-likeness (QED) is 0.798. The molecule has 0 aliphatic carbocycles. The fourth-order valence-electron chi connectivity index (χ4n) is 2.27. The van der Waals surface area contributed by atoms with Crippen LogP contribution < -0.4 is 0 Å². The third-order valence-electron chi connectivity index (χ3n) is 3.67. The van der Waals surface area contributed by atoms with Crippen LogP contribution in [0.4, 0.5) is 0 Å². The number of amides is 1. The van der Waals surface area contributed by atoms with Crippen molar-refractivity contribution in [2.24, 2.45) is 5.41 Å². The van der Waals surface area contributed by atoms with Gasteiger partial charge in [-0.3, -0.25) is 9.59 Å². The molecular formula is C12H21NO3. The summed E-state index contributed by atoms with van der Waals surface area (Å²) in [4.78, 5) is 24.7. The molecule has 0 saturated carbocycles. The standard InChI is InChI=1S/C12H21NO3/c1-3-5-10(14)13-8-6-12(4-2,7-9-13)11(15)16/h3-9H2,1-2H3,(H,15,16). The molecule has 0 unspecified atom stereocenters. The van der Waals surface area contributed by atoms with E-state index < -0.39 is 11.4 Å². The van der Waals surface area contributed by atoms with Crippen molar-refractivity contribution in [3.8, 4) is 0 Å². The Morgan fingerprint density at radius 3 is 2.19 bits per heavy atom. The van der Waals surface area contributed by atoms with Crippen molar-refractivity contribution in [1.29, 1.82) is 0 Å². The lowest BCUT2D eigenvalue weighted by Crippen LogP contribution is -2.46. The van der Waals surface area contributed by atoms with Gasteiger partial charge in [0.2, 0.25) is 5.91 Å². The number of hydrogen-bond donors (Lipinski definition) is 1. The lowest BCUT2D eigenvalue weighted by Gasteiger charge is -2.38. The summed E-state index contributed by atoms with van der Waals surface area (Å²) in [6.45, 7) is 5.09. The van der Waals surface area contributed by atoms with E-state index in [1.807, 2.05) is 13.8 Å². The number of rotatable bonds is 4. The molecule has 0 aromatic rings. The molecule has 92 valence electrons. The van der Waals surface area contributed by atoms with Crippen molar-refractivity contribution in [3.63, 3.8) is 0 Å². The molecule has 0 radical (unpaired) electrons. The van der Waals surface area contributed by atoms with Gasteiger partial charge in [-0.1, -0.05) is 13.8 Å². The minimum Gasteiger partial charge on any atom is -0.481 e. The lowest BCUT2D eigenvalue weighted by molar-refractivity contribution is -0.154. The zero-order valence-electron chi connectivity index (χ0n) is 10.2. The molecule has 1 amide bonds. The van der Waals surface area contributed by atoms with Gasteiger partial charge < -0.3 is 10.0 Å². The maximum Gasteiger partial charge on any atom is 0.309 e. The van der Waals surface area contributed by atoms with Gasteiger partial charge in [-0.2, -0.15) is 0 Å². The number of carbonyl (C=O) groups excluding carboxylic acids is 1. The summed E-state index contributed by atoms with van der Waals surface area (Å²) in [6.07, 6.45) is 3.26. The van der Waals surface area contributed by atoms with Gasteiger partial charge in [-0.05, 0) is 25.7 Å². The van der Waals surface area contributed by atoms with Crippen LogP contribution in [0.1, 0.15) is 46.0 Å². The normalized spacial score (nSPS) is 19.5. The third kappa shape index (κ3) is 2.54. The molecule has 1 saturated heterocycles. The van der Waals surface area contributed by atoms with Gasteiger partial charge in [0.25, 0.3) is 0 Å². The fraction of sp³-hybridized carbons (Fsp3) is 0.833. The van der Waals surface area contributed by atoms with Crippen LogP contribution in [0.3, 0.4) is 0 Å². The molecular weight excluding hydrogens is 206 g/mol. The predicted molar refractivity (Wildman–Crippen MR) is 61.1 cm³/mol. The number of likely N-dealkylation sites (tertiary alicyclic amines) is 1. The minimum atomic E-state index is -0.711. The Morgan fingerprint density at radius 2 is 1.81 bits per heavy atom. The number of hydrogen-bond acceptors (Lipinski definition) is 2. The average molecular weight is 227 g/mol. The largest absolute Gasteiger partial charge is 0.481 e. The predicted octanol–water partition coefficient (Wildman–Crippen LogP) is 1.89. The zero-order chi connectivity index (χ0) is 12.2. The van der Waals surface area contributed by atoms with Gasteiger partial charge in [0.1, 0.15) is 0 Å². The highest BCUT2D eigenvalue weighted by Gasteiger charge is 2.40. The molecule has 0 aromatic heterocycles. The van der Waals surface area contributed by atoms with Crippen LogP contribution in [0, 0.1) is 5.41 Å². The maximum atomic E-state index is 11.6. The van der Waals surface area contributed by atoms with Crippen LogP contribution in [-0.4, -0.2) is 35.0 Å². The monoisotopic (exact) mass is 227 g/mol. The van der Waals surface area contributed by atoms with Gasteiger partial charge in [0.15, 0.2) is 0 Å². The van der Waals surface area contributed by atoms with E-state index in [0.29, 0.717) is 38.8 Å². The van der Waals surface area contributed by atoms with E-state index in [1.54, 1.807) is 4.90 Å². The first-order valence-corrected chi connectivity index (χ1v) is 6.07. The molecule has 1 rings (SSSR count). The highest BCUT2D eigenvalue weighted by Crippen LogP contribution is 2.35. The molecule has 1 aliphatic heterocycles. The topological polar surface area (TPSA) is 57.6 Å². The van der Waals surface area contributed by atoms with Gasteiger partial charge in [0, 0.05) is 19.5 Å². The molecule has 0 spiro atoms. The van der Waals surface area contributed by atoms with E-state index in [1.165, 1.54) is 0 Å². The summed E-state index contributed by atoms with van der Waals surface area (Å²) in [7, 11) is 0. The Bertz CT molecular complexity index is 267. The Morgan fingerprint density at radius 1 is 1.25 bits per heavy atom. The number of carboxylic acids is 1. The summed E-state index contributed by atoms with van der Waals surface area (Å²) in [6, 6.07) is 0. The van der Waals surface area contributed by atoms with Crippen molar-refractivity contribution in [2.45, 2.75) is 46.0 Å². The van der Waals surface area contributed by atoms with Crippen molar-refractivity contribution in [2.75, 3.05) is 13.1 Å². The number of nitrogens with zero attached hydrogens (tertiary/aromatic N) is 1. The molecule has 4 heteroatoms. The first kappa shape index (κ1) is 13.0. The number of carbonyl (C=O) groups is 2. The zero-order valence-corrected chi connectivity index (χ0v) is 10.2. The number of carboxylic acid groups (broad SMARTS) is 1. The third-order valence-corrected chi connectivity index (χ3v) is 3.67. The van der Waals surface area contributed by atoms with Crippen LogP contribution in [0.2, 0.25) is 0 Å². The Labute approximate surface area is 96.6 Å². The second-order valence-corrected chi connectivity index (χ2v) is 4.57. The Kier molecular flexibility index (Phi) is 4.33. The summed E-state index contributed by atoms with van der Waals surface area (Å²) in [5, 5.41) is 9.21.